The number of fused-ring (bicyclic) bond motifs is 1. The molecule has 4 rings (SSSR count). The van der Waals surface area contributed by atoms with Crippen molar-refractivity contribution in [3.05, 3.63) is 94.9 Å². The topological polar surface area (TPSA) is 54.3 Å². The van der Waals surface area contributed by atoms with Crippen LogP contribution in [-0.4, -0.2) is 12.5 Å². The number of hydrogen-bond acceptors (Lipinski definition) is 3. The van der Waals surface area contributed by atoms with Gasteiger partial charge in [-0.15, -0.1) is 0 Å². The Bertz CT molecular complexity index is 935. The number of amides is 1. The van der Waals surface area contributed by atoms with Crippen LogP contribution in [0.2, 0.25) is 0 Å². The van der Waals surface area contributed by atoms with E-state index in [1.54, 1.807) is 6.26 Å². The van der Waals surface area contributed by atoms with E-state index >= 15 is 0 Å². The van der Waals surface area contributed by atoms with Crippen LogP contribution in [-0.2, 0) is 17.6 Å². The lowest BCUT2D eigenvalue weighted by Crippen LogP contribution is -2.37. The summed E-state index contributed by atoms with van der Waals surface area (Å²) in [4.78, 5) is 12.6. The first-order chi connectivity index (χ1) is 14.2. The molecule has 0 saturated carbocycles. The molecule has 1 aliphatic rings. The summed E-state index contributed by atoms with van der Waals surface area (Å²) in [5.41, 5.74) is 5.14. The van der Waals surface area contributed by atoms with Gasteiger partial charge < -0.3 is 9.73 Å². The molecule has 2 N–H and O–H groups in total. The number of carbonyl (C=O) groups is 1. The second-order valence-corrected chi connectivity index (χ2v) is 7.76. The van der Waals surface area contributed by atoms with Crippen molar-refractivity contribution in [2.24, 2.45) is 0 Å². The Hall–Kier alpha value is -2.85. The molecule has 4 heteroatoms. The average molecular weight is 389 g/mol. The predicted molar refractivity (Wildman–Crippen MR) is 115 cm³/mol. The fourth-order valence-electron chi connectivity index (χ4n) is 4.08. The molecule has 2 atom stereocenters. The van der Waals surface area contributed by atoms with Crippen molar-refractivity contribution >= 4 is 5.91 Å². The van der Waals surface area contributed by atoms with Crippen molar-refractivity contribution in [3.63, 3.8) is 0 Å². The Morgan fingerprint density at radius 2 is 1.76 bits per heavy atom. The van der Waals surface area contributed by atoms with E-state index in [0.717, 1.165) is 17.7 Å². The lowest BCUT2D eigenvalue weighted by molar-refractivity contribution is -0.121. The van der Waals surface area contributed by atoms with Gasteiger partial charge >= 0.3 is 0 Å². The lowest BCUT2D eigenvalue weighted by Gasteiger charge is -2.21. The van der Waals surface area contributed by atoms with E-state index < -0.39 is 0 Å². The Morgan fingerprint density at radius 1 is 0.966 bits per heavy atom. The monoisotopic (exact) mass is 388 g/mol. The zero-order chi connectivity index (χ0) is 20.1. The smallest absolute Gasteiger partial charge is 0.234 e. The van der Waals surface area contributed by atoms with E-state index in [2.05, 4.69) is 28.8 Å². The maximum absolute atomic E-state index is 12.6. The molecule has 0 aliphatic heterocycles. The fraction of sp³-hybridized carbons (Fsp3) is 0.320. The highest BCUT2D eigenvalue weighted by Crippen LogP contribution is 2.25. The molecule has 3 aromatic rings. The minimum absolute atomic E-state index is 0.0182. The van der Waals surface area contributed by atoms with Crippen LogP contribution in [0.3, 0.4) is 0 Å². The second-order valence-electron chi connectivity index (χ2n) is 7.76. The Balaban J connectivity index is 1.38. The van der Waals surface area contributed by atoms with Crippen molar-refractivity contribution in [2.75, 3.05) is 6.54 Å². The van der Waals surface area contributed by atoms with Crippen LogP contribution in [0.5, 0.6) is 0 Å². The number of furan rings is 1. The van der Waals surface area contributed by atoms with Gasteiger partial charge in [-0.1, -0.05) is 48.5 Å². The van der Waals surface area contributed by atoms with E-state index in [1.165, 1.54) is 36.0 Å². The zero-order valence-corrected chi connectivity index (χ0v) is 16.9. The van der Waals surface area contributed by atoms with Crippen LogP contribution < -0.4 is 10.6 Å². The summed E-state index contributed by atoms with van der Waals surface area (Å²) in [7, 11) is 0. The zero-order valence-electron chi connectivity index (χ0n) is 16.9. The first-order valence-corrected chi connectivity index (χ1v) is 10.4. The highest BCUT2D eigenvalue weighted by molar-refractivity contribution is 5.78. The largest absolute Gasteiger partial charge is 0.467 e. The molecule has 150 valence electrons. The summed E-state index contributed by atoms with van der Waals surface area (Å²) in [6.45, 7) is 2.26. The molecular formula is C25H28N2O2. The number of aryl methyl sites for hydroxylation is 2. The molecule has 0 radical (unpaired) electrons. The minimum atomic E-state index is -0.156. The van der Waals surface area contributed by atoms with Gasteiger partial charge in [-0.2, -0.15) is 0 Å². The van der Waals surface area contributed by atoms with E-state index in [4.69, 9.17) is 4.42 Å². The van der Waals surface area contributed by atoms with Crippen LogP contribution in [0.4, 0.5) is 0 Å². The molecule has 0 fully saturated rings. The van der Waals surface area contributed by atoms with Gasteiger partial charge in [0.15, 0.2) is 0 Å². The summed E-state index contributed by atoms with van der Waals surface area (Å²) in [6.07, 6.45) is 6.52. The summed E-state index contributed by atoms with van der Waals surface area (Å²) in [6, 6.07) is 20.3. The van der Waals surface area contributed by atoms with Crippen molar-refractivity contribution in [1.82, 2.24) is 10.6 Å². The van der Waals surface area contributed by atoms with Gasteiger partial charge in [0.1, 0.15) is 5.76 Å². The second kappa shape index (κ2) is 9.10. The molecule has 2 aromatic carbocycles. The highest BCUT2D eigenvalue weighted by atomic mass is 16.3. The van der Waals surface area contributed by atoms with E-state index in [0.29, 0.717) is 0 Å². The third kappa shape index (κ3) is 4.77. The molecule has 0 unspecified atom stereocenters. The molecule has 0 saturated heterocycles. The van der Waals surface area contributed by atoms with Gasteiger partial charge in [-0.3, -0.25) is 10.1 Å². The number of carbonyl (C=O) groups excluding carboxylic acids is 1. The minimum Gasteiger partial charge on any atom is -0.467 e. The normalized spacial score (nSPS) is 15.3. The first kappa shape index (κ1) is 19.5. The van der Waals surface area contributed by atoms with E-state index in [-0.39, 0.29) is 24.5 Å². The molecule has 0 bridgehead atoms. The number of rotatable bonds is 7. The Kier molecular flexibility index (Phi) is 6.11. The first-order valence-electron chi connectivity index (χ1n) is 10.4. The molecular weight excluding hydrogens is 360 g/mol. The quantitative estimate of drug-likeness (QED) is 0.616. The van der Waals surface area contributed by atoms with Crippen LogP contribution in [0, 0.1) is 0 Å². The van der Waals surface area contributed by atoms with Gasteiger partial charge in [-0.25, -0.2) is 0 Å². The molecule has 1 heterocycles. The molecule has 29 heavy (non-hydrogen) atoms. The van der Waals surface area contributed by atoms with Crippen molar-refractivity contribution < 1.29 is 9.21 Å². The van der Waals surface area contributed by atoms with Crippen molar-refractivity contribution in [1.29, 1.82) is 0 Å². The molecule has 1 aliphatic carbocycles. The van der Waals surface area contributed by atoms with E-state index in [1.807, 2.05) is 49.4 Å². The SMILES string of the molecule is C[C@H](NC(=O)CN[C@H](c1ccccc1)c1ccco1)c1ccc2c(c1)CCCC2. The van der Waals surface area contributed by atoms with E-state index in [9.17, 15) is 4.79 Å². The third-order valence-corrected chi connectivity index (χ3v) is 5.68. The lowest BCUT2D eigenvalue weighted by atomic mass is 9.89. The van der Waals surface area contributed by atoms with Gasteiger partial charge in [0, 0.05) is 0 Å². The number of benzene rings is 2. The van der Waals surface area contributed by atoms with Gasteiger partial charge in [0.2, 0.25) is 5.91 Å². The highest BCUT2D eigenvalue weighted by Gasteiger charge is 2.19. The van der Waals surface area contributed by atoms with Gasteiger partial charge in [-0.05, 0) is 67.0 Å². The standard InChI is InChI=1S/C25H28N2O2/c1-18(21-14-13-19-8-5-6-11-22(19)16-21)27-24(28)17-26-25(23-12-7-15-29-23)20-9-3-2-4-10-20/h2-4,7,9-10,12-16,18,25-26H,5-6,8,11,17H2,1H3,(H,27,28)/t18-,25+/m0/s1. The number of nitrogens with one attached hydrogen (secondary N) is 2. The fourth-order valence-corrected chi connectivity index (χ4v) is 4.08. The molecule has 1 amide bonds. The van der Waals surface area contributed by atoms with Crippen molar-refractivity contribution in [2.45, 2.75) is 44.7 Å². The van der Waals surface area contributed by atoms with Crippen molar-refractivity contribution in [3.8, 4) is 0 Å². The van der Waals surface area contributed by atoms with Crippen LogP contribution >= 0.6 is 0 Å². The summed E-state index contributed by atoms with van der Waals surface area (Å²) < 4.78 is 5.59. The summed E-state index contributed by atoms with van der Waals surface area (Å²) >= 11 is 0. The maximum atomic E-state index is 12.6. The van der Waals surface area contributed by atoms with Crippen LogP contribution in [0.15, 0.2) is 71.3 Å². The van der Waals surface area contributed by atoms with Crippen LogP contribution in [0.25, 0.3) is 0 Å². The summed E-state index contributed by atoms with van der Waals surface area (Å²) in [5, 5.41) is 6.46. The summed E-state index contributed by atoms with van der Waals surface area (Å²) in [5.74, 6) is 0.773. The number of hydrogen-bond donors (Lipinski definition) is 2. The van der Waals surface area contributed by atoms with Gasteiger partial charge in [0.05, 0.1) is 24.9 Å². The molecule has 1 aromatic heterocycles. The maximum Gasteiger partial charge on any atom is 0.234 e. The molecule has 0 spiro atoms. The predicted octanol–water partition coefficient (Wildman–Crippen LogP) is 4.71. The molecule has 4 nitrogen and oxygen atoms in total. The Labute approximate surface area is 172 Å². The van der Waals surface area contributed by atoms with Gasteiger partial charge in [0.25, 0.3) is 0 Å². The third-order valence-electron chi connectivity index (χ3n) is 5.68. The average Bonchev–Trinajstić information content (AvgIpc) is 3.29. The Morgan fingerprint density at radius 3 is 2.52 bits per heavy atom. The van der Waals surface area contributed by atoms with Crippen LogP contribution in [0.1, 0.15) is 59.9 Å².